The molecule has 3 nitrogen and oxygen atoms in total. The molecule has 16 heavy (non-hydrogen) atoms. The molecule has 0 bridgehead atoms. The molecule has 1 rings (SSSR count). The lowest BCUT2D eigenvalue weighted by Gasteiger charge is -2.20. The van der Waals surface area contributed by atoms with Crippen LogP contribution in [0.3, 0.4) is 0 Å². The average Bonchev–Trinajstić information content (AvgIpc) is 2.30. The lowest BCUT2D eigenvalue weighted by Crippen LogP contribution is -2.41. The largest absolute Gasteiger partial charge is 0.352 e. The maximum atomic E-state index is 11.8. The van der Waals surface area contributed by atoms with Crippen molar-refractivity contribution < 1.29 is 4.79 Å². The highest BCUT2D eigenvalue weighted by Gasteiger charge is 2.16. The molecule has 0 unspecified atom stereocenters. The molecule has 1 aromatic heterocycles. The first-order chi connectivity index (χ1) is 7.20. The predicted octanol–water partition coefficient (Wildman–Crippen LogP) is 2.10. The minimum Gasteiger partial charge on any atom is -0.352 e. The van der Waals surface area contributed by atoms with Crippen LogP contribution in [-0.2, 0) is 18.3 Å². The van der Waals surface area contributed by atoms with Gasteiger partial charge >= 0.3 is 0 Å². The summed E-state index contributed by atoms with van der Waals surface area (Å²) in [6.07, 6.45) is 0.463. The summed E-state index contributed by atoms with van der Waals surface area (Å²) in [4.78, 5) is 11.8. The van der Waals surface area contributed by atoms with E-state index in [9.17, 15) is 4.79 Å². The minimum absolute atomic E-state index is 0.0844. The summed E-state index contributed by atoms with van der Waals surface area (Å²) < 4.78 is 2.11. The summed E-state index contributed by atoms with van der Waals surface area (Å²) in [6, 6.07) is 2.08. The van der Waals surface area contributed by atoms with Crippen LogP contribution in [-0.4, -0.2) is 16.0 Å². The second-order valence-corrected chi connectivity index (χ2v) is 5.43. The summed E-state index contributed by atoms with van der Waals surface area (Å²) in [7, 11) is 2.02. The number of hydrogen-bond acceptors (Lipinski definition) is 1. The van der Waals surface area contributed by atoms with E-state index >= 15 is 0 Å². The highest BCUT2D eigenvalue weighted by Crippen LogP contribution is 2.14. The van der Waals surface area contributed by atoms with Crippen LogP contribution in [0, 0.1) is 13.8 Å². The van der Waals surface area contributed by atoms with Gasteiger partial charge in [-0.3, -0.25) is 4.79 Å². The zero-order valence-corrected chi connectivity index (χ0v) is 11.1. The van der Waals surface area contributed by atoms with Crippen molar-refractivity contribution in [3.05, 3.63) is 23.0 Å². The first-order valence-corrected chi connectivity index (χ1v) is 5.63. The lowest BCUT2D eigenvalue weighted by molar-refractivity contribution is -0.121. The van der Waals surface area contributed by atoms with Gasteiger partial charge in [-0.15, -0.1) is 0 Å². The van der Waals surface area contributed by atoms with Gasteiger partial charge in [0, 0.05) is 24.0 Å². The van der Waals surface area contributed by atoms with E-state index in [1.54, 1.807) is 0 Å². The second kappa shape index (κ2) is 4.32. The molecule has 0 saturated carbocycles. The van der Waals surface area contributed by atoms with E-state index in [-0.39, 0.29) is 11.4 Å². The smallest absolute Gasteiger partial charge is 0.224 e. The molecule has 1 heterocycles. The Morgan fingerprint density at radius 1 is 1.38 bits per heavy atom. The third-order valence-corrected chi connectivity index (χ3v) is 2.75. The predicted molar refractivity (Wildman–Crippen MR) is 66.5 cm³/mol. The van der Waals surface area contributed by atoms with E-state index in [0.29, 0.717) is 6.42 Å². The Balaban J connectivity index is 2.74. The Morgan fingerprint density at radius 2 is 1.94 bits per heavy atom. The number of amides is 1. The molecule has 1 amide bonds. The molecule has 0 fully saturated rings. The number of aromatic nitrogens is 1. The standard InChI is InChI=1S/C13H22N2O/c1-9-7-11(10(2)15(9)6)8-12(16)14-13(3,4)5/h7H,8H2,1-6H3,(H,14,16). The first kappa shape index (κ1) is 12.8. The molecule has 0 aromatic carbocycles. The molecule has 0 atom stereocenters. The van der Waals surface area contributed by atoms with Crippen LogP contribution in [0.25, 0.3) is 0 Å². The molecule has 0 aliphatic carbocycles. The molecule has 0 aliphatic rings. The minimum atomic E-state index is -0.158. The Labute approximate surface area is 97.8 Å². The molecule has 0 spiro atoms. The summed E-state index contributed by atoms with van der Waals surface area (Å²) in [5.41, 5.74) is 3.31. The van der Waals surface area contributed by atoms with Gasteiger partial charge in [0.15, 0.2) is 0 Å². The number of carbonyl (C=O) groups is 1. The van der Waals surface area contributed by atoms with Crippen LogP contribution in [0.1, 0.15) is 37.7 Å². The maximum absolute atomic E-state index is 11.8. The number of nitrogens with zero attached hydrogens (tertiary/aromatic N) is 1. The van der Waals surface area contributed by atoms with Crippen LogP contribution in [0.15, 0.2) is 6.07 Å². The van der Waals surface area contributed by atoms with Crippen LogP contribution < -0.4 is 5.32 Å². The normalized spacial score (nSPS) is 11.6. The van der Waals surface area contributed by atoms with Gasteiger partial charge in [-0.05, 0) is 46.2 Å². The molecule has 1 aromatic rings. The van der Waals surface area contributed by atoms with E-state index in [4.69, 9.17) is 0 Å². The number of carbonyl (C=O) groups excluding carboxylic acids is 1. The van der Waals surface area contributed by atoms with Crippen molar-refractivity contribution in [3.8, 4) is 0 Å². The highest BCUT2D eigenvalue weighted by atomic mass is 16.1. The molecule has 3 heteroatoms. The maximum Gasteiger partial charge on any atom is 0.224 e. The Bertz CT molecular complexity index is 397. The van der Waals surface area contributed by atoms with Gasteiger partial charge in [0.05, 0.1) is 6.42 Å². The van der Waals surface area contributed by atoms with E-state index in [0.717, 1.165) is 5.56 Å². The van der Waals surface area contributed by atoms with Crippen LogP contribution >= 0.6 is 0 Å². The Hall–Kier alpha value is -1.25. The fourth-order valence-corrected chi connectivity index (χ4v) is 1.75. The van der Waals surface area contributed by atoms with Gasteiger partial charge in [-0.2, -0.15) is 0 Å². The van der Waals surface area contributed by atoms with Gasteiger partial charge < -0.3 is 9.88 Å². The monoisotopic (exact) mass is 222 g/mol. The molecular weight excluding hydrogens is 200 g/mol. The Kier molecular flexibility index (Phi) is 3.46. The fraction of sp³-hybridized carbons (Fsp3) is 0.615. The highest BCUT2D eigenvalue weighted by molar-refractivity contribution is 5.79. The van der Waals surface area contributed by atoms with Crippen molar-refractivity contribution in [3.63, 3.8) is 0 Å². The average molecular weight is 222 g/mol. The topological polar surface area (TPSA) is 34.0 Å². The van der Waals surface area contributed by atoms with Crippen molar-refractivity contribution in [2.75, 3.05) is 0 Å². The number of hydrogen-bond donors (Lipinski definition) is 1. The third-order valence-electron chi connectivity index (χ3n) is 2.75. The van der Waals surface area contributed by atoms with Gasteiger partial charge in [-0.25, -0.2) is 0 Å². The van der Waals surface area contributed by atoms with Gasteiger partial charge in [0.2, 0.25) is 5.91 Å². The van der Waals surface area contributed by atoms with Gasteiger partial charge in [-0.1, -0.05) is 0 Å². The van der Waals surface area contributed by atoms with Crippen molar-refractivity contribution in [2.45, 2.75) is 46.6 Å². The van der Waals surface area contributed by atoms with Crippen LogP contribution in [0.4, 0.5) is 0 Å². The van der Waals surface area contributed by atoms with E-state index in [1.165, 1.54) is 11.4 Å². The van der Waals surface area contributed by atoms with Gasteiger partial charge in [0.1, 0.15) is 0 Å². The molecule has 0 radical (unpaired) electrons. The molecule has 0 aliphatic heterocycles. The van der Waals surface area contributed by atoms with Crippen molar-refractivity contribution in [2.24, 2.45) is 7.05 Å². The lowest BCUT2D eigenvalue weighted by atomic mass is 10.1. The van der Waals surface area contributed by atoms with E-state index < -0.39 is 0 Å². The van der Waals surface area contributed by atoms with E-state index in [1.807, 2.05) is 34.7 Å². The van der Waals surface area contributed by atoms with Crippen LogP contribution in [0.5, 0.6) is 0 Å². The van der Waals surface area contributed by atoms with Crippen molar-refractivity contribution >= 4 is 5.91 Å². The zero-order chi connectivity index (χ0) is 12.5. The SMILES string of the molecule is Cc1cc(CC(=O)NC(C)(C)C)c(C)n1C. The molecule has 90 valence electrons. The molecule has 0 saturated heterocycles. The van der Waals surface area contributed by atoms with Crippen molar-refractivity contribution in [1.82, 2.24) is 9.88 Å². The number of nitrogens with one attached hydrogen (secondary N) is 1. The summed E-state index contributed by atoms with van der Waals surface area (Å²) in [5.74, 6) is 0.0844. The Morgan fingerprint density at radius 3 is 2.31 bits per heavy atom. The van der Waals surface area contributed by atoms with E-state index in [2.05, 4.69) is 22.9 Å². The third kappa shape index (κ3) is 3.12. The second-order valence-electron chi connectivity index (χ2n) is 5.43. The zero-order valence-electron chi connectivity index (χ0n) is 11.1. The molecular formula is C13H22N2O. The van der Waals surface area contributed by atoms with Crippen molar-refractivity contribution in [1.29, 1.82) is 0 Å². The quantitative estimate of drug-likeness (QED) is 0.817. The number of rotatable bonds is 2. The van der Waals surface area contributed by atoms with Crippen LogP contribution in [0.2, 0.25) is 0 Å². The fourth-order valence-electron chi connectivity index (χ4n) is 1.75. The summed E-state index contributed by atoms with van der Waals surface area (Å²) in [5, 5.41) is 2.98. The summed E-state index contributed by atoms with van der Waals surface area (Å²) in [6.45, 7) is 10.1. The number of aryl methyl sites for hydroxylation is 1. The van der Waals surface area contributed by atoms with Gasteiger partial charge in [0.25, 0.3) is 0 Å². The first-order valence-electron chi connectivity index (χ1n) is 5.63. The summed E-state index contributed by atoms with van der Waals surface area (Å²) >= 11 is 0. The molecule has 1 N–H and O–H groups in total.